The van der Waals surface area contributed by atoms with E-state index in [1.54, 1.807) is 0 Å². The molecule has 0 aliphatic heterocycles. The molecule has 3 nitrogen and oxygen atoms in total. The molecule has 1 unspecified atom stereocenters. The molecule has 0 bridgehead atoms. The molecule has 1 atom stereocenters. The Bertz CT molecular complexity index is 144. The third kappa shape index (κ3) is 4.07. The third-order valence-electron chi connectivity index (χ3n) is 2.84. The minimum Gasteiger partial charge on any atom is -0.396 e. The van der Waals surface area contributed by atoms with Gasteiger partial charge in [-0.2, -0.15) is 0 Å². The van der Waals surface area contributed by atoms with E-state index in [0.29, 0.717) is 12.0 Å². The van der Waals surface area contributed by atoms with Crippen LogP contribution in [0.5, 0.6) is 0 Å². The summed E-state index contributed by atoms with van der Waals surface area (Å²) in [5, 5.41) is 21.2. The maximum absolute atomic E-state index is 9.02. The Morgan fingerprint density at radius 3 is 2.62 bits per heavy atom. The summed E-state index contributed by atoms with van der Waals surface area (Å²) in [5.74, 6) is 0. The molecule has 0 spiro atoms. The molecule has 3 N–H and O–H groups in total. The largest absolute Gasteiger partial charge is 0.396 e. The summed E-state index contributed by atoms with van der Waals surface area (Å²) in [4.78, 5) is 0. The molecular formula is C10H21NO2. The lowest BCUT2D eigenvalue weighted by molar-refractivity contribution is 0.181. The van der Waals surface area contributed by atoms with Gasteiger partial charge in [0.25, 0.3) is 0 Å². The van der Waals surface area contributed by atoms with E-state index in [4.69, 9.17) is 10.2 Å². The molecule has 0 aromatic rings. The molecule has 1 rings (SSSR count). The first-order valence-corrected chi connectivity index (χ1v) is 5.18. The highest BCUT2D eigenvalue weighted by molar-refractivity contribution is 4.94. The zero-order chi connectivity index (χ0) is 9.73. The van der Waals surface area contributed by atoms with Crippen molar-refractivity contribution in [1.29, 1.82) is 0 Å². The second kappa shape index (κ2) is 4.94. The van der Waals surface area contributed by atoms with Gasteiger partial charge in [0.15, 0.2) is 0 Å². The molecule has 78 valence electrons. The van der Waals surface area contributed by atoms with Crippen molar-refractivity contribution in [1.82, 2.24) is 5.32 Å². The fourth-order valence-corrected chi connectivity index (χ4v) is 1.59. The minimum absolute atomic E-state index is 0.208. The zero-order valence-corrected chi connectivity index (χ0v) is 8.42. The van der Waals surface area contributed by atoms with Gasteiger partial charge < -0.3 is 15.5 Å². The van der Waals surface area contributed by atoms with Gasteiger partial charge in [-0.3, -0.25) is 0 Å². The van der Waals surface area contributed by atoms with E-state index in [9.17, 15) is 0 Å². The van der Waals surface area contributed by atoms with Gasteiger partial charge in [-0.05, 0) is 44.6 Å². The fraction of sp³-hybridized carbons (Fsp3) is 1.00. The Morgan fingerprint density at radius 1 is 1.46 bits per heavy atom. The predicted molar refractivity (Wildman–Crippen MR) is 52.5 cm³/mol. The van der Waals surface area contributed by atoms with Crippen LogP contribution in [0.25, 0.3) is 0 Å². The van der Waals surface area contributed by atoms with Crippen LogP contribution in [0.4, 0.5) is 0 Å². The summed E-state index contributed by atoms with van der Waals surface area (Å²) in [6.45, 7) is 3.99. The Morgan fingerprint density at radius 2 is 2.15 bits per heavy atom. The summed E-state index contributed by atoms with van der Waals surface area (Å²) < 4.78 is 0. The second-order valence-corrected chi connectivity index (χ2v) is 4.29. The standard InChI is InChI=1S/C10H21NO2/c1-9(13)2-6-11-8-10(3-4-10)5-7-12/h9,11-13H,2-8H2,1H3. The highest BCUT2D eigenvalue weighted by Crippen LogP contribution is 2.47. The highest BCUT2D eigenvalue weighted by atomic mass is 16.3. The smallest absolute Gasteiger partial charge is 0.0524 e. The van der Waals surface area contributed by atoms with Gasteiger partial charge in [-0.1, -0.05) is 0 Å². The first-order valence-electron chi connectivity index (χ1n) is 5.18. The molecule has 1 aliphatic carbocycles. The Kier molecular flexibility index (Phi) is 4.16. The topological polar surface area (TPSA) is 52.5 Å². The Hall–Kier alpha value is -0.120. The number of hydrogen-bond acceptors (Lipinski definition) is 3. The lowest BCUT2D eigenvalue weighted by Crippen LogP contribution is -2.27. The van der Waals surface area contributed by atoms with Crippen molar-refractivity contribution in [2.75, 3.05) is 19.7 Å². The minimum atomic E-state index is -0.208. The summed E-state index contributed by atoms with van der Waals surface area (Å²) >= 11 is 0. The van der Waals surface area contributed by atoms with Gasteiger partial charge in [0.2, 0.25) is 0 Å². The van der Waals surface area contributed by atoms with Gasteiger partial charge in [0.1, 0.15) is 0 Å². The summed E-state index contributed by atoms with van der Waals surface area (Å²) in [7, 11) is 0. The van der Waals surface area contributed by atoms with E-state index in [-0.39, 0.29) is 6.10 Å². The van der Waals surface area contributed by atoms with E-state index in [0.717, 1.165) is 25.9 Å². The van der Waals surface area contributed by atoms with Crippen LogP contribution in [0.15, 0.2) is 0 Å². The average molecular weight is 187 g/mol. The van der Waals surface area contributed by atoms with Crippen LogP contribution in [0.2, 0.25) is 0 Å². The van der Waals surface area contributed by atoms with E-state index in [1.165, 1.54) is 12.8 Å². The SMILES string of the molecule is CC(O)CCNCC1(CCO)CC1. The summed E-state index contributed by atoms with van der Waals surface area (Å²) in [6, 6.07) is 0. The molecule has 1 fully saturated rings. The van der Waals surface area contributed by atoms with Crippen molar-refractivity contribution in [3.05, 3.63) is 0 Å². The van der Waals surface area contributed by atoms with Crippen LogP contribution in [-0.4, -0.2) is 36.0 Å². The second-order valence-electron chi connectivity index (χ2n) is 4.29. The number of aliphatic hydroxyl groups is 2. The van der Waals surface area contributed by atoms with E-state index < -0.39 is 0 Å². The Balaban J connectivity index is 1.99. The third-order valence-corrected chi connectivity index (χ3v) is 2.84. The molecule has 0 saturated heterocycles. The fourth-order valence-electron chi connectivity index (χ4n) is 1.59. The van der Waals surface area contributed by atoms with Crippen molar-refractivity contribution in [2.24, 2.45) is 5.41 Å². The number of aliphatic hydroxyl groups excluding tert-OH is 2. The summed E-state index contributed by atoms with van der Waals surface area (Å²) in [5.41, 5.74) is 0.396. The van der Waals surface area contributed by atoms with E-state index in [2.05, 4.69) is 5.32 Å². The van der Waals surface area contributed by atoms with Gasteiger partial charge in [-0.25, -0.2) is 0 Å². The van der Waals surface area contributed by atoms with Crippen LogP contribution < -0.4 is 5.32 Å². The van der Waals surface area contributed by atoms with Crippen LogP contribution in [-0.2, 0) is 0 Å². The van der Waals surface area contributed by atoms with Crippen molar-refractivity contribution < 1.29 is 10.2 Å². The van der Waals surface area contributed by atoms with Crippen molar-refractivity contribution in [3.8, 4) is 0 Å². The van der Waals surface area contributed by atoms with Crippen molar-refractivity contribution in [2.45, 2.75) is 38.7 Å². The maximum Gasteiger partial charge on any atom is 0.0524 e. The average Bonchev–Trinajstić information content (AvgIpc) is 2.80. The molecule has 0 radical (unpaired) electrons. The van der Waals surface area contributed by atoms with Crippen LogP contribution in [0.3, 0.4) is 0 Å². The maximum atomic E-state index is 9.02. The predicted octanol–water partition coefficient (Wildman–Crippen LogP) is 0.509. The summed E-state index contributed by atoms with van der Waals surface area (Å²) in [6.07, 6.45) is 4.02. The lowest BCUT2D eigenvalue weighted by Gasteiger charge is -2.14. The van der Waals surface area contributed by atoms with Crippen molar-refractivity contribution in [3.63, 3.8) is 0 Å². The molecule has 0 aromatic carbocycles. The molecule has 0 amide bonds. The monoisotopic (exact) mass is 187 g/mol. The van der Waals surface area contributed by atoms with E-state index >= 15 is 0 Å². The van der Waals surface area contributed by atoms with Crippen LogP contribution in [0.1, 0.15) is 32.6 Å². The molecule has 0 heterocycles. The van der Waals surface area contributed by atoms with Gasteiger partial charge in [0, 0.05) is 13.2 Å². The molecule has 1 aliphatic rings. The van der Waals surface area contributed by atoms with E-state index in [1.807, 2.05) is 6.92 Å². The normalized spacial score (nSPS) is 21.5. The quantitative estimate of drug-likeness (QED) is 0.509. The zero-order valence-electron chi connectivity index (χ0n) is 8.42. The Labute approximate surface area is 80.2 Å². The molecule has 13 heavy (non-hydrogen) atoms. The molecule has 3 heteroatoms. The molecule has 1 saturated carbocycles. The van der Waals surface area contributed by atoms with Gasteiger partial charge in [0.05, 0.1) is 6.10 Å². The highest BCUT2D eigenvalue weighted by Gasteiger charge is 2.41. The van der Waals surface area contributed by atoms with Crippen molar-refractivity contribution >= 4 is 0 Å². The first kappa shape index (κ1) is 11.0. The number of rotatable bonds is 7. The van der Waals surface area contributed by atoms with Gasteiger partial charge >= 0.3 is 0 Å². The molecule has 0 aromatic heterocycles. The lowest BCUT2D eigenvalue weighted by atomic mass is 10.0. The number of nitrogens with one attached hydrogen (secondary N) is 1. The van der Waals surface area contributed by atoms with Crippen LogP contribution >= 0.6 is 0 Å². The van der Waals surface area contributed by atoms with Gasteiger partial charge in [-0.15, -0.1) is 0 Å². The molecular weight excluding hydrogens is 166 g/mol. The van der Waals surface area contributed by atoms with Crippen LogP contribution in [0, 0.1) is 5.41 Å². The number of hydrogen-bond donors (Lipinski definition) is 3. The first-order chi connectivity index (χ1) is 6.18.